The van der Waals surface area contributed by atoms with E-state index in [1.165, 1.54) is 43.3 Å². The van der Waals surface area contributed by atoms with Crippen LogP contribution in [-0.4, -0.2) is 19.5 Å². The van der Waals surface area contributed by atoms with Crippen molar-refractivity contribution in [1.82, 2.24) is 19.5 Å². The molecule has 2 heterocycles. The molecule has 0 aliphatic carbocycles. The van der Waals surface area contributed by atoms with Crippen molar-refractivity contribution < 1.29 is 0 Å². The molecule has 11 aromatic rings. The number of aromatic nitrogens is 4. The van der Waals surface area contributed by atoms with E-state index in [0.29, 0.717) is 17.5 Å². The second-order valence-electron chi connectivity index (χ2n) is 14.0. The van der Waals surface area contributed by atoms with Crippen molar-refractivity contribution in [3.05, 3.63) is 194 Å². The SMILES string of the molecule is c1ccc(-c2nc(-c3ccc4c(c3)c3ccccc3n4-c3ccccc3)nc(-c3ccccc3-c3c4ccccc4cc4c3ccc3ccccc34)n2)cc1. The maximum atomic E-state index is 5.32. The van der Waals surface area contributed by atoms with Crippen molar-refractivity contribution in [2.45, 2.75) is 0 Å². The van der Waals surface area contributed by atoms with E-state index < -0.39 is 0 Å². The lowest BCUT2D eigenvalue weighted by Crippen LogP contribution is -2.01. The van der Waals surface area contributed by atoms with Crippen molar-refractivity contribution in [1.29, 1.82) is 0 Å². The highest BCUT2D eigenvalue weighted by molar-refractivity contribution is 6.21. The molecule has 0 aliphatic heterocycles. The van der Waals surface area contributed by atoms with Crippen molar-refractivity contribution >= 4 is 54.1 Å². The van der Waals surface area contributed by atoms with Crippen LogP contribution in [0.2, 0.25) is 0 Å². The summed E-state index contributed by atoms with van der Waals surface area (Å²) in [5.41, 5.74) is 8.50. The van der Waals surface area contributed by atoms with Crippen LogP contribution in [0.15, 0.2) is 194 Å². The molecule has 0 radical (unpaired) electrons. The van der Waals surface area contributed by atoms with Gasteiger partial charge in [0.15, 0.2) is 17.5 Å². The molecule has 0 N–H and O–H groups in total. The zero-order valence-electron chi connectivity index (χ0n) is 29.8. The molecule has 0 fully saturated rings. The van der Waals surface area contributed by atoms with Gasteiger partial charge < -0.3 is 4.57 Å². The number of hydrogen-bond donors (Lipinski definition) is 0. The Hall–Kier alpha value is -7.43. The summed E-state index contributed by atoms with van der Waals surface area (Å²) in [5.74, 6) is 1.90. The molecule has 0 unspecified atom stereocenters. The highest BCUT2D eigenvalue weighted by Crippen LogP contribution is 2.43. The molecule has 9 aromatic carbocycles. The monoisotopic (exact) mass is 700 g/mol. The topological polar surface area (TPSA) is 43.6 Å². The summed E-state index contributed by atoms with van der Waals surface area (Å²) in [6, 6.07) is 68.6. The van der Waals surface area contributed by atoms with E-state index >= 15 is 0 Å². The summed E-state index contributed by atoms with van der Waals surface area (Å²) >= 11 is 0. The highest BCUT2D eigenvalue weighted by Gasteiger charge is 2.20. The molecule has 256 valence electrons. The summed E-state index contributed by atoms with van der Waals surface area (Å²) < 4.78 is 2.33. The van der Waals surface area contributed by atoms with Crippen LogP contribution in [0.5, 0.6) is 0 Å². The minimum Gasteiger partial charge on any atom is -0.309 e. The maximum Gasteiger partial charge on any atom is 0.164 e. The Kier molecular flexibility index (Phi) is 7.14. The van der Waals surface area contributed by atoms with E-state index in [9.17, 15) is 0 Å². The van der Waals surface area contributed by atoms with E-state index in [4.69, 9.17) is 15.0 Å². The zero-order valence-corrected chi connectivity index (χ0v) is 29.8. The van der Waals surface area contributed by atoms with Gasteiger partial charge in [-0.25, -0.2) is 15.0 Å². The lowest BCUT2D eigenvalue weighted by molar-refractivity contribution is 1.07. The molecule has 4 nitrogen and oxygen atoms in total. The van der Waals surface area contributed by atoms with E-state index in [-0.39, 0.29) is 0 Å². The third-order valence-corrected chi connectivity index (χ3v) is 10.8. The Morgan fingerprint density at radius 3 is 1.73 bits per heavy atom. The van der Waals surface area contributed by atoms with E-state index in [1.54, 1.807) is 0 Å². The lowest BCUT2D eigenvalue weighted by atomic mass is 9.88. The van der Waals surface area contributed by atoms with Crippen molar-refractivity contribution in [2.75, 3.05) is 0 Å². The first-order valence-electron chi connectivity index (χ1n) is 18.6. The fourth-order valence-corrected chi connectivity index (χ4v) is 8.32. The average Bonchev–Trinajstić information content (AvgIpc) is 3.60. The van der Waals surface area contributed by atoms with Crippen LogP contribution >= 0.6 is 0 Å². The first-order valence-corrected chi connectivity index (χ1v) is 18.6. The van der Waals surface area contributed by atoms with Gasteiger partial charge in [-0.2, -0.15) is 0 Å². The normalized spacial score (nSPS) is 11.6. The molecular weight excluding hydrogens is 669 g/mol. The predicted molar refractivity (Wildman–Crippen MR) is 228 cm³/mol. The zero-order chi connectivity index (χ0) is 36.3. The first kappa shape index (κ1) is 31.1. The van der Waals surface area contributed by atoms with E-state index in [2.05, 4.69) is 180 Å². The number of nitrogens with zero attached hydrogens (tertiary/aromatic N) is 4. The van der Waals surface area contributed by atoms with Gasteiger partial charge in [-0.15, -0.1) is 0 Å². The molecule has 55 heavy (non-hydrogen) atoms. The first-order chi connectivity index (χ1) is 27.3. The van der Waals surface area contributed by atoms with Crippen molar-refractivity contribution in [2.24, 2.45) is 0 Å². The van der Waals surface area contributed by atoms with Gasteiger partial charge in [0.05, 0.1) is 11.0 Å². The van der Waals surface area contributed by atoms with Gasteiger partial charge in [-0.1, -0.05) is 152 Å². The van der Waals surface area contributed by atoms with Crippen molar-refractivity contribution in [3.63, 3.8) is 0 Å². The third kappa shape index (κ3) is 5.11. The Morgan fingerprint density at radius 1 is 0.309 bits per heavy atom. The predicted octanol–water partition coefficient (Wildman–Crippen LogP) is 13.1. The van der Waals surface area contributed by atoms with Crippen LogP contribution in [0.3, 0.4) is 0 Å². The summed E-state index contributed by atoms with van der Waals surface area (Å²) in [5, 5.41) is 9.60. The van der Waals surface area contributed by atoms with Gasteiger partial charge in [-0.05, 0) is 85.9 Å². The van der Waals surface area contributed by atoms with E-state index in [0.717, 1.165) is 44.4 Å². The number of para-hydroxylation sites is 2. The van der Waals surface area contributed by atoms with Crippen LogP contribution < -0.4 is 0 Å². The largest absolute Gasteiger partial charge is 0.309 e. The molecule has 0 spiro atoms. The molecule has 0 aliphatic rings. The Morgan fingerprint density at radius 2 is 0.909 bits per heavy atom. The molecule has 0 saturated carbocycles. The summed E-state index contributed by atoms with van der Waals surface area (Å²) in [6.45, 7) is 0. The van der Waals surface area contributed by atoms with Crippen molar-refractivity contribution in [3.8, 4) is 51.0 Å². The third-order valence-electron chi connectivity index (χ3n) is 10.8. The summed E-state index contributed by atoms with van der Waals surface area (Å²) in [7, 11) is 0. The van der Waals surface area contributed by atoms with Gasteiger partial charge in [0.25, 0.3) is 0 Å². The lowest BCUT2D eigenvalue weighted by Gasteiger charge is -2.17. The van der Waals surface area contributed by atoms with Crippen LogP contribution in [0.25, 0.3) is 105 Å². The molecule has 11 rings (SSSR count). The smallest absolute Gasteiger partial charge is 0.164 e. The molecule has 2 aromatic heterocycles. The highest BCUT2D eigenvalue weighted by atomic mass is 15.0. The van der Waals surface area contributed by atoms with E-state index in [1.807, 2.05) is 18.2 Å². The van der Waals surface area contributed by atoms with Crippen LogP contribution in [0.1, 0.15) is 0 Å². The number of hydrogen-bond acceptors (Lipinski definition) is 3. The van der Waals surface area contributed by atoms with Gasteiger partial charge in [0.1, 0.15) is 0 Å². The van der Waals surface area contributed by atoms with Gasteiger partial charge in [0.2, 0.25) is 0 Å². The quantitative estimate of drug-likeness (QED) is 0.133. The van der Waals surface area contributed by atoms with Crippen LogP contribution in [0.4, 0.5) is 0 Å². The fourth-order valence-electron chi connectivity index (χ4n) is 8.32. The Balaban J connectivity index is 1.17. The van der Waals surface area contributed by atoms with Crippen LogP contribution in [-0.2, 0) is 0 Å². The minimum absolute atomic E-state index is 0.630. The molecular formula is C51H32N4. The number of fused-ring (bicyclic) bond motifs is 7. The molecule has 0 bridgehead atoms. The maximum absolute atomic E-state index is 5.32. The van der Waals surface area contributed by atoms with Gasteiger partial charge in [-0.3, -0.25) is 0 Å². The standard InChI is InChI=1S/C51H32N4/c1-3-16-34(17-4-1)49-52-50(36-28-30-47-45(32-36)40-23-13-14-26-46(40)55(47)37-19-5-2-6-20-37)54-51(53-49)43-25-12-11-24-41(43)48-39-22-10-8-18-35(39)31-44-38-21-9-7-15-33(38)27-29-42(44)48/h1-32H. The minimum atomic E-state index is 0.630. The molecule has 0 amide bonds. The van der Waals surface area contributed by atoms with Gasteiger partial charge >= 0.3 is 0 Å². The second-order valence-corrected chi connectivity index (χ2v) is 14.0. The number of rotatable bonds is 5. The Labute approximate surface area is 317 Å². The number of benzene rings is 9. The Bertz CT molecular complexity index is 3260. The summed E-state index contributed by atoms with van der Waals surface area (Å²) in [4.78, 5) is 15.7. The van der Waals surface area contributed by atoms with Crippen LogP contribution in [0, 0.1) is 0 Å². The summed E-state index contributed by atoms with van der Waals surface area (Å²) in [6.07, 6.45) is 0. The second kappa shape index (κ2) is 12.6. The molecule has 4 heteroatoms. The average molecular weight is 701 g/mol. The molecule has 0 saturated heterocycles. The fraction of sp³-hybridized carbons (Fsp3) is 0. The molecule has 0 atom stereocenters. The van der Waals surface area contributed by atoms with Gasteiger partial charge in [0, 0.05) is 33.2 Å².